The number of ether oxygens (including phenoxy) is 1. The van der Waals surface area contributed by atoms with Crippen LogP contribution in [-0.2, 0) is 22.7 Å². The fourth-order valence-corrected chi connectivity index (χ4v) is 3.38. The molecule has 8 nitrogen and oxygen atoms in total. The summed E-state index contributed by atoms with van der Waals surface area (Å²) in [7, 11) is 0. The zero-order chi connectivity index (χ0) is 21.0. The average Bonchev–Trinajstić information content (AvgIpc) is 3.12. The molecule has 1 aliphatic rings. The zero-order valence-electron chi connectivity index (χ0n) is 16.5. The second kappa shape index (κ2) is 8.91. The molecule has 1 aliphatic heterocycles. The number of rotatable bonds is 7. The summed E-state index contributed by atoms with van der Waals surface area (Å²) in [6, 6.07) is 10.00. The summed E-state index contributed by atoms with van der Waals surface area (Å²) in [5.74, 6) is -1.95. The monoisotopic (exact) mass is 399 g/mol. The third-order valence-electron chi connectivity index (χ3n) is 5.02. The van der Waals surface area contributed by atoms with Crippen LogP contribution in [-0.4, -0.2) is 40.1 Å². The fraction of sp³-hybridized carbons (Fsp3) is 0.381. The average molecular weight is 399 g/mol. The Balaban J connectivity index is 1.87. The lowest BCUT2D eigenvalue weighted by Crippen LogP contribution is -2.39. The molecule has 154 valence electrons. The maximum Gasteiger partial charge on any atom is 0.325 e. The van der Waals surface area contributed by atoms with Gasteiger partial charge in [0.15, 0.2) is 0 Å². The third kappa shape index (κ3) is 4.48. The summed E-state index contributed by atoms with van der Waals surface area (Å²) in [5.41, 5.74) is 2.24. The number of carbonyl (C=O) groups is 3. The van der Waals surface area contributed by atoms with Gasteiger partial charge in [0, 0.05) is 6.54 Å². The molecule has 2 aromatic rings. The predicted octanol–water partition coefficient (Wildman–Crippen LogP) is 2.10. The number of aliphatic carboxylic acids is 1. The predicted molar refractivity (Wildman–Crippen MR) is 106 cm³/mol. The summed E-state index contributed by atoms with van der Waals surface area (Å²) >= 11 is 0. The number of hydrogen-bond donors (Lipinski definition) is 3. The van der Waals surface area contributed by atoms with Gasteiger partial charge >= 0.3 is 5.97 Å². The van der Waals surface area contributed by atoms with E-state index in [1.165, 1.54) is 13.0 Å². The third-order valence-corrected chi connectivity index (χ3v) is 5.02. The van der Waals surface area contributed by atoms with E-state index in [1.54, 1.807) is 4.57 Å². The number of amides is 2. The number of nitrogens with zero attached hydrogens (tertiary/aromatic N) is 1. The van der Waals surface area contributed by atoms with Crippen LogP contribution >= 0.6 is 0 Å². The van der Waals surface area contributed by atoms with Gasteiger partial charge in [-0.05, 0) is 25.0 Å². The van der Waals surface area contributed by atoms with Gasteiger partial charge in [-0.2, -0.15) is 0 Å². The molecule has 8 heteroatoms. The molecule has 0 spiro atoms. The van der Waals surface area contributed by atoms with E-state index in [0.717, 1.165) is 5.56 Å². The summed E-state index contributed by atoms with van der Waals surface area (Å²) < 4.78 is 7.22. The van der Waals surface area contributed by atoms with E-state index < -0.39 is 17.9 Å². The lowest BCUT2D eigenvalue weighted by atomic mass is 10.0. The van der Waals surface area contributed by atoms with Gasteiger partial charge in [-0.3, -0.25) is 14.4 Å². The van der Waals surface area contributed by atoms with Gasteiger partial charge in [-0.15, -0.1) is 0 Å². The SMILES string of the molecule is CC[C@@H](NC(=O)c1cc(C(=O)N[C@@H](C)C(=O)O)n2c1COCC2)c1ccccc1. The van der Waals surface area contributed by atoms with Crippen molar-refractivity contribution in [3.05, 3.63) is 58.9 Å². The van der Waals surface area contributed by atoms with Crippen LogP contribution in [0, 0.1) is 0 Å². The fourth-order valence-electron chi connectivity index (χ4n) is 3.38. The highest BCUT2D eigenvalue weighted by Crippen LogP contribution is 2.23. The number of carboxylic acid groups (broad SMARTS) is 1. The highest BCUT2D eigenvalue weighted by Gasteiger charge is 2.28. The summed E-state index contributed by atoms with van der Waals surface area (Å²) in [5, 5.41) is 14.5. The molecule has 2 atom stereocenters. The molecule has 0 bridgehead atoms. The van der Waals surface area contributed by atoms with Crippen LogP contribution in [0.25, 0.3) is 0 Å². The first-order chi connectivity index (χ1) is 13.9. The van der Waals surface area contributed by atoms with Gasteiger partial charge in [0.1, 0.15) is 11.7 Å². The highest BCUT2D eigenvalue weighted by atomic mass is 16.5. The van der Waals surface area contributed by atoms with E-state index in [-0.39, 0.29) is 24.2 Å². The van der Waals surface area contributed by atoms with Crippen LogP contribution in [0.3, 0.4) is 0 Å². The molecule has 0 unspecified atom stereocenters. The van der Waals surface area contributed by atoms with E-state index >= 15 is 0 Å². The highest BCUT2D eigenvalue weighted by molar-refractivity contribution is 6.01. The van der Waals surface area contributed by atoms with Gasteiger partial charge < -0.3 is 25.0 Å². The van der Waals surface area contributed by atoms with E-state index in [2.05, 4.69) is 10.6 Å². The van der Waals surface area contributed by atoms with Crippen molar-refractivity contribution >= 4 is 17.8 Å². The Hall–Kier alpha value is -3.13. The quantitative estimate of drug-likeness (QED) is 0.661. The number of nitrogens with one attached hydrogen (secondary N) is 2. The molecule has 3 rings (SSSR count). The molecule has 0 saturated heterocycles. The first-order valence-corrected chi connectivity index (χ1v) is 9.62. The Labute approximate surface area is 168 Å². The topological polar surface area (TPSA) is 110 Å². The van der Waals surface area contributed by atoms with Crippen molar-refractivity contribution in [3.8, 4) is 0 Å². The summed E-state index contributed by atoms with van der Waals surface area (Å²) in [6.07, 6.45) is 0.714. The molecule has 1 aromatic heterocycles. The molecule has 1 aromatic carbocycles. The van der Waals surface area contributed by atoms with Gasteiger partial charge in [-0.1, -0.05) is 37.3 Å². The van der Waals surface area contributed by atoms with E-state index in [4.69, 9.17) is 9.84 Å². The van der Waals surface area contributed by atoms with E-state index in [1.807, 2.05) is 37.3 Å². The Morgan fingerprint density at radius 3 is 2.55 bits per heavy atom. The summed E-state index contributed by atoms with van der Waals surface area (Å²) in [4.78, 5) is 36.7. The minimum absolute atomic E-state index is 0.159. The lowest BCUT2D eigenvalue weighted by molar-refractivity contribution is -0.138. The first-order valence-electron chi connectivity index (χ1n) is 9.62. The van der Waals surface area contributed by atoms with Crippen LogP contribution in [0.5, 0.6) is 0 Å². The largest absolute Gasteiger partial charge is 0.480 e. The molecule has 0 fully saturated rings. The van der Waals surface area contributed by atoms with Crippen LogP contribution in [0.2, 0.25) is 0 Å². The van der Waals surface area contributed by atoms with Crippen molar-refractivity contribution in [1.29, 1.82) is 0 Å². The molecule has 2 heterocycles. The number of aromatic nitrogens is 1. The van der Waals surface area contributed by atoms with Crippen LogP contribution < -0.4 is 10.6 Å². The van der Waals surface area contributed by atoms with Crippen molar-refractivity contribution in [2.75, 3.05) is 6.61 Å². The molecule has 0 saturated carbocycles. The smallest absolute Gasteiger partial charge is 0.325 e. The van der Waals surface area contributed by atoms with Crippen LogP contribution in [0.4, 0.5) is 0 Å². The van der Waals surface area contributed by atoms with Crippen molar-refractivity contribution < 1.29 is 24.2 Å². The number of carboxylic acids is 1. The Bertz CT molecular complexity index is 907. The van der Waals surface area contributed by atoms with Gasteiger partial charge in [0.05, 0.1) is 30.5 Å². The molecule has 0 radical (unpaired) electrons. The number of benzene rings is 1. The van der Waals surface area contributed by atoms with Crippen LogP contribution in [0.15, 0.2) is 36.4 Å². The van der Waals surface area contributed by atoms with Crippen molar-refractivity contribution in [2.24, 2.45) is 0 Å². The Morgan fingerprint density at radius 2 is 1.90 bits per heavy atom. The number of carbonyl (C=O) groups excluding carboxylic acids is 2. The molecule has 29 heavy (non-hydrogen) atoms. The maximum absolute atomic E-state index is 13.0. The first kappa shape index (κ1) is 20.6. The van der Waals surface area contributed by atoms with Crippen molar-refractivity contribution in [1.82, 2.24) is 15.2 Å². The normalized spacial score (nSPS) is 15.1. The second-order valence-electron chi connectivity index (χ2n) is 6.97. The van der Waals surface area contributed by atoms with Gasteiger partial charge in [0.2, 0.25) is 0 Å². The lowest BCUT2D eigenvalue weighted by Gasteiger charge is -2.21. The second-order valence-corrected chi connectivity index (χ2v) is 6.97. The van der Waals surface area contributed by atoms with Crippen LogP contribution in [0.1, 0.15) is 58.4 Å². The Morgan fingerprint density at radius 1 is 1.17 bits per heavy atom. The standard InChI is InChI=1S/C21H25N3O5/c1-3-16(14-7-5-4-6-8-14)23-19(25)15-11-17(20(26)22-13(2)21(27)28)24-9-10-29-12-18(15)24/h4-8,11,13,16H,3,9-10,12H2,1-2H3,(H,22,26)(H,23,25)(H,27,28)/t13-,16+/m0/s1. The molecule has 0 aliphatic carbocycles. The van der Waals surface area contributed by atoms with E-state index in [0.29, 0.717) is 30.8 Å². The number of fused-ring (bicyclic) bond motifs is 1. The van der Waals surface area contributed by atoms with E-state index in [9.17, 15) is 14.4 Å². The molecule has 2 amide bonds. The maximum atomic E-state index is 13.0. The summed E-state index contributed by atoms with van der Waals surface area (Å²) in [6.45, 7) is 4.43. The van der Waals surface area contributed by atoms with Crippen molar-refractivity contribution in [2.45, 2.75) is 45.5 Å². The van der Waals surface area contributed by atoms with Crippen molar-refractivity contribution in [3.63, 3.8) is 0 Å². The minimum atomic E-state index is -1.13. The Kier molecular flexibility index (Phi) is 6.33. The minimum Gasteiger partial charge on any atom is -0.480 e. The van der Waals surface area contributed by atoms with Gasteiger partial charge in [-0.25, -0.2) is 0 Å². The number of hydrogen-bond acceptors (Lipinski definition) is 4. The molecular formula is C21H25N3O5. The zero-order valence-corrected chi connectivity index (χ0v) is 16.5. The molecule has 3 N–H and O–H groups in total. The van der Waals surface area contributed by atoms with Gasteiger partial charge in [0.25, 0.3) is 11.8 Å². The molecular weight excluding hydrogens is 374 g/mol.